The van der Waals surface area contributed by atoms with Crippen LogP contribution in [0, 0.1) is 12.8 Å². The largest absolute Gasteiger partial charge is 0.505 e. The third-order valence-corrected chi connectivity index (χ3v) is 2.84. The number of aliphatic hydroxyl groups excluding tert-OH is 1. The molecule has 0 radical (unpaired) electrons. The van der Waals surface area contributed by atoms with Crippen LogP contribution in [-0.2, 0) is 11.4 Å². The first-order valence-electron chi connectivity index (χ1n) is 5.74. The van der Waals surface area contributed by atoms with Gasteiger partial charge in [0.05, 0.1) is 18.5 Å². The Morgan fingerprint density at radius 3 is 3.00 bits per heavy atom. The average Bonchev–Trinajstić information content (AvgIpc) is 3.18. The number of aryl methyl sites for hydroxylation is 1. The van der Waals surface area contributed by atoms with Crippen LogP contribution in [0.3, 0.4) is 0 Å². The highest BCUT2D eigenvalue weighted by Crippen LogP contribution is 2.28. The number of hydrogen-bond donors (Lipinski definition) is 3. The molecule has 0 spiro atoms. The molecule has 1 fully saturated rings. The fraction of sp³-hybridized carbons (Fsp3) is 0.417. The molecule has 1 heterocycles. The molecule has 6 nitrogen and oxygen atoms in total. The molecule has 18 heavy (non-hydrogen) atoms. The van der Waals surface area contributed by atoms with Crippen molar-refractivity contribution in [2.45, 2.75) is 26.4 Å². The molecule has 0 aromatic carbocycles. The number of nitrogens with zero attached hydrogens (tertiary/aromatic N) is 2. The second kappa shape index (κ2) is 5.14. The number of pyridine rings is 1. The third-order valence-electron chi connectivity index (χ3n) is 2.84. The van der Waals surface area contributed by atoms with E-state index in [1.807, 2.05) is 0 Å². The van der Waals surface area contributed by atoms with Crippen molar-refractivity contribution in [3.05, 3.63) is 23.0 Å². The molecule has 3 N–H and O–H groups in total. The van der Waals surface area contributed by atoms with Gasteiger partial charge in [-0.2, -0.15) is 5.10 Å². The number of aromatic nitrogens is 1. The maximum absolute atomic E-state index is 11.4. The van der Waals surface area contributed by atoms with E-state index in [0.717, 1.165) is 12.8 Å². The first-order valence-corrected chi connectivity index (χ1v) is 5.74. The third kappa shape index (κ3) is 2.65. The number of rotatable bonds is 4. The number of aliphatic hydroxyl groups is 1. The maximum Gasteiger partial charge on any atom is 0.243 e. The molecule has 0 saturated heterocycles. The van der Waals surface area contributed by atoms with Crippen LogP contribution in [0.15, 0.2) is 11.3 Å². The van der Waals surface area contributed by atoms with Crippen LogP contribution in [0.1, 0.15) is 29.7 Å². The highest BCUT2D eigenvalue weighted by molar-refractivity contribution is 5.87. The Labute approximate surface area is 104 Å². The van der Waals surface area contributed by atoms with Crippen LogP contribution in [0.2, 0.25) is 0 Å². The summed E-state index contributed by atoms with van der Waals surface area (Å²) in [6, 6.07) is 0. The quantitative estimate of drug-likeness (QED) is 0.533. The summed E-state index contributed by atoms with van der Waals surface area (Å²) in [5.41, 5.74) is 3.69. The highest BCUT2D eigenvalue weighted by Gasteiger charge is 2.29. The lowest BCUT2D eigenvalue weighted by molar-refractivity contribution is -0.122. The Morgan fingerprint density at radius 2 is 2.39 bits per heavy atom. The van der Waals surface area contributed by atoms with Crippen LogP contribution in [-0.4, -0.2) is 27.3 Å². The molecule has 96 valence electrons. The molecule has 1 aliphatic carbocycles. The monoisotopic (exact) mass is 249 g/mol. The molecule has 2 rings (SSSR count). The van der Waals surface area contributed by atoms with Gasteiger partial charge in [-0.1, -0.05) is 0 Å². The van der Waals surface area contributed by atoms with Gasteiger partial charge in [-0.3, -0.25) is 9.78 Å². The van der Waals surface area contributed by atoms with Crippen LogP contribution >= 0.6 is 0 Å². The number of carbonyl (C=O) groups excluding carboxylic acids is 1. The Hall–Kier alpha value is -1.95. The maximum atomic E-state index is 11.4. The van der Waals surface area contributed by atoms with Crippen LogP contribution in [0.25, 0.3) is 0 Å². The van der Waals surface area contributed by atoms with Crippen LogP contribution < -0.4 is 5.43 Å². The van der Waals surface area contributed by atoms with Gasteiger partial charge in [-0.25, -0.2) is 5.43 Å². The smallest absolute Gasteiger partial charge is 0.243 e. The second-order valence-electron chi connectivity index (χ2n) is 4.30. The molecule has 1 amide bonds. The van der Waals surface area contributed by atoms with Crippen molar-refractivity contribution in [3.8, 4) is 5.75 Å². The van der Waals surface area contributed by atoms with E-state index in [1.54, 1.807) is 6.92 Å². The van der Waals surface area contributed by atoms with Gasteiger partial charge in [0.2, 0.25) is 5.91 Å². The summed E-state index contributed by atoms with van der Waals surface area (Å²) < 4.78 is 0. The van der Waals surface area contributed by atoms with E-state index in [1.165, 1.54) is 12.4 Å². The van der Waals surface area contributed by atoms with Gasteiger partial charge < -0.3 is 10.2 Å². The van der Waals surface area contributed by atoms with Gasteiger partial charge >= 0.3 is 0 Å². The molecule has 1 saturated carbocycles. The normalized spacial score (nSPS) is 15.0. The number of carbonyl (C=O) groups is 1. The SMILES string of the molecule is Cc1ncc(CO)c(C=NNC(=O)C2CC2)c1O. The van der Waals surface area contributed by atoms with Crippen molar-refractivity contribution in [2.75, 3.05) is 0 Å². The van der Waals surface area contributed by atoms with E-state index >= 15 is 0 Å². The molecule has 1 aromatic heterocycles. The van der Waals surface area contributed by atoms with E-state index in [4.69, 9.17) is 5.11 Å². The number of hydrogen-bond acceptors (Lipinski definition) is 5. The lowest BCUT2D eigenvalue weighted by Crippen LogP contribution is -2.19. The topological polar surface area (TPSA) is 94.8 Å². The Morgan fingerprint density at radius 1 is 1.67 bits per heavy atom. The summed E-state index contributed by atoms with van der Waals surface area (Å²) in [4.78, 5) is 15.3. The minimum atomic E-state index is -0.251. The van der Waals surface area contributed by atoms with Crippen LogP contribution in [0.5, 0.6) is 5.75 Å². The summed E-state index contributed by atoms with van der Waals surface area (Å²) in [5.74, 6) is -0.0692. The lowest BCUT2D eigenvalue weighted by Gasteiger charge is -2.06. The number of hydrazone groups is 1. The minimum absolute atomic E-state index is 0.0361. The fourth-order valence-electron chi connectivity index (χ4n) is 1.52. The molecule has 0 aliphatic heterocycles. The summed E-state index contributed by atoms with van der Waals surface area (Å²) in [6.07, 6.45) is 4.61. The van der Waals surface area contributed by atoms with Crippen LogP contribution in [0.4, 0.5) is 0 Å². The number of aromatic hydroxyl groups is 1. The Bertz CT molecular complexity index is 496. The zero-order valence-electron chi connectivity index (χ0n) is 10.1. The van der Waals surface area contributed by atoms with Crippen molar-refractivity contribution in [2.24, 2.45) is 11.0 Å². The molecule has 1 aromatic rings. The number of amides is 1. The Kier molecular flexibility index (Phi) is 3.57. The van der Waals surface area contributed by atoms with Crippen molar-refractivity contribution in [3.63, 3.8) is 0 Å². The minimum Gasteiger partial charge on any atom is -0.505 e. The second-order valence-corrected chi connectivity index (χ2v) is 4.30. The van der Waals surface area contributed by atoms with E-state index in [-0.39, 0.29) is 24.2 Å². The van der Waals surface area contributed by atoms with Crippen molar-refractivity contribution in [1.29, 1.82) is 0 Å². The van der Waals surface area contributed by atoms with E-state index in [0.29, 0.717) is 16.8 Å². The molecule has 6 heteroatoms. The summed E-state index contributed by atoms with van der Waals surface area (Å²) in [5, 5.41) is 22.7. The van der Waals surface area contributed by atoms with E-state index < -0.39 is 0 Å². The van der Waals surface area contributed by atoms with Crippen molar-refractivity contribution < 1.29 is 15.0 Å². The fourth-order valence-corrected chi connectivity index (χ4v) is 1.52. The lowest BCUT2D eigenvalue weighted by atomic mass is 10.1. The zero-order chi connectivity index (χ0) is 13.1. The van der Waals surface area contributed by atoms with Gasteiger partial charge in [0, 0.05) is 23.2 Å². The molecule has 0 atom stereocenters. The van der Waals surface area contributed by atoms with Crippen molar-refractivity contribution >= 4 is 12.1 Å². The van der Waals surface area contributed by atoms with Gasteiger partial charge in [0.1, 0.15) is 5.75 Å². The van der Waals surface area contributed by atoms with Crippen molar-refractivity contribution in [1.82, 2.24) is 10.4 Å². The molecule has 1 aliphatic rings. The number of nitrogens with one attached hydrogen (secondary N) is 1. The molecule has 0 bridgehead atoms. The van der Waals surface area contributed by atoms with Gasteiger partial charge in [-0.05, 0) is 19.8 Å². The van der Waals surface area contributed by atoms with E-state index in [9.17, 15) is 9.90 Å². The molecular formula is C12H15N3O3. The van der Waals surface area contributed by atoms with Gasteiger partial charge in [0.15, 0.2) is 0 Å². The first-order chi connectivity index (χ1) is 8.63. The van der Waals surface area contributed by atoms with Gasteiger partial charge in [-0.15, -0.1) is 0 Å². The summed E-state index contributed by atoms with van der Waals surface area (Å²) >= 11 is 0. The van der Waals surface area contributed by atoms with E-state index in [2.05, 4.69) is 15.5 Å². The Balaban J connectivity index is 2.13. The summed E-state index contributed by atoms with van der Waals surface area (Å²) in [7, 11) is 0. The summed E-state index contributed by atoms with van der Waals surface area (Å²) in [6.45, 7) is 1.40. The molecular weight excluding hydrogens is 234 g/mol. The zero-order valence-corrected chi connectivity index (χ0v) is 10.1. The molecule has 0 unspecified atom stereocenters. The van der Waals surface area contributed by atoms with Gasteiger partial charge in [0.25, 0.3) is 0 Å². The standard InChI is InChI=1S/C12H15N3O3/c1-7-11(17)10(9(6-16)4-13-7)5-14-15-12(18)8-2-3-8/h4-5,8,16-17H,2-3,6H2,1H3,(H,15,18). The average molecular weight is 249 g/mol. The highest BCUT2D eigenvalue weighted by atomic mass is 16.3. The first kappa shape index (κ1) is 12.5. The predicted molar refractivity (Wildman–Crippen MR) is 65.0 cm³/mol. The predicted octanol–water partition coefficient (Wildman–Crippen LogP) is 0.448.